The summed E-state index contributed by atoms with van der Waals surface area (Å²) in [5.41, 5.74) is -0.729. The third-order valence-corrected chi connectivity index (χ3v) is 5.76. The lowest BCUT2D eigenvalue weighted by Crippen LogP contribution is -2.34. The number of benzene rings is 1. The summed E-state index contributed by atoms with van der Waals surface area (Å²) in [6.45, 7) is -0.600. The maximum Gasteiger partial charge on any atom is 0.177 e. The van der Waals surface area contributed by atoms with Gasteiger partial charge in [0.2, 0.25) is 0 Å². The van der Waals surface area contributed by atoms with Crippen LogP contribution in [0.1, 0.15) is 6.23 Å². The number of aliphatic hydroxyl groups is 2. The van der Waals surface area contributed by atoms with Crippen LogP contribution in [-0.2, 0) is 9.47 Å². The van der Waals surface area contributed by atoms with Crippen LogP contribution >= 0.6 is 11.8 Å². The molecule has 0 amide bonds. The summed E-state index contributed by atoms with van der Waals surface area (Å²) in [4.78, 5) is 7.39. The fourth-order valence-corrected chi connectivity index (χ4v) is 4.24. The molecule has 0 spiro atoms. The largest absolute Gasteiger partial charge is 0.394 e. The molecule has 3 heterocycles. The second-order valence-corrected chi connectivity index (χ2v) is 7.47. The number of hydrogen-bond acceptors (Lipinski definition) is 8. The van der Waals surface area contributed by atoms with Crippen LogP contribution in [0.15, 0.2) is 22.4 Å². The second kappa shape index (κ2) is 8.20. The van der Waals surface area contributed by atoms with Crippen molar-refractivity contribution >= 4 is 22.9 Å². The molecule has 14 heteroatoms. The van der Waals surface area contributed by atoms with Gasteiger partial charge in [0.25, 0.3) is 0 Å². The Kier molecular flexibility index (Phi) is 5.39. The van der Waals surface area contributed by atoms with Crippen LogP contribution in [0.2, 0.25) is 1.41 Å². The van der Waals surface area contributed by atoms with Crippen LogP contribution in [0.25, 0.3) is 11.2 Å². The van der Waals surface area contributed by atoms with Crippen molar-refractivity contribution in [3.8, 4) is 0 Å². The number of nitrogens with one attached hydrogen (secondary N) is 2. The van der Waals surface area contributed by atoms with Crippen LogP contribution in [0.4, 0.5) is 17.6 Å². The number of halogens is 4. The third-order valence-electron chi connectivity index (χ3n) is 4.73. The number of ether oxygens (including phenoxy) is 2. The van der Waals surface area contributed by atoms with Crippen molar-refractivity contribution in [3.05, 3.63) is 41.2 Å². The number of H-pyrrole nitrogens is 1. The summed E-state index contributed by atoms with van der Waals surface area (Å²) in [6.07, 6.45) is -3.91. The molecular formula is C17H15F4N5O4S. The summed E-state index contributed by atoms with van der Waals surface area (Å²) in [7, 11) is 1.24. The molecule has 0 bridgehead atoms. The first-order chi connectivity index (χ1) is 15.2. The van der Waals surface area contributed by atoms with E-state index in [1.54, 1.807) is 0 Å². The van der Waals surface area contributed by atoms with Gasteiger partial charge in [0.05, 0.1) is 17.8 Å². The molecule has 2 aromatic heterocycles. The standard InChI is InChI=1S/C17H15F4N5O4S/c1-29-12-11(28)7(3-27)30-16(12)26-15-10(14(22)23-4-24-15)25-17(26)31-13-8(20)5(18)2-6(19)9(13)21/h2,4,7,11-12,16,27-28H,3H2,1H3,(H2,22,23,24)/t7-,11-,12-,16-/m1/s1/i/hD. The first-order valence-electron chi connectivity index (χ1n) is 9.15. The van der Waals surface area contributed by atoms with Gasteiger partial charge in [-0.3, -0.25) is 9.98 Å². The Balaban J connectivity index is 1.97. The minimum Gasteiger partial charge on any atom is -0.394 e. The molecule has 4 N–H and O–H groups in total. The minimum atomic E-state index is -1.67. The molecule has 4 atom stereocenters. The number of aliphatic hydroxyl groups excluding tert-OH is 2. The molecule has 3 aromatic rings. The highest BCUT2D eigenvalue weighted by Crippen LogP contribution is 2.40. The lowest BCUT2D eigenvalue weighted by atomic mass is 10.1. The van der Waals surface area contributed by atoms with Gasteiger partial charge in [-0.1, -0.05) is 0 Å². The molecule has 0 saturated carbocycles. The van der Waals surface area contributed by atoms with Crippen molar-refractivity contribution in [2.45, 2.75) is 34.6 Å². The molecule has 4 rings (SSSR count). The zero-order valence-electron chi connectivity index (χ0n) is 16.6. The summed E-state index contributed by atoms with van der Waals surface area (Å²) in [6, 6.07) is 0.0600. The molecule has 1 saturated heterocycles. The lowest BCUT2D eigenvalue weighted by Gasteiger charge is -2.22. The van der Waals surface area contributed by atoms with E-state index in [1.807, 2.05) is 0 Å². The van der Waals surface area contributed by atoms with Crippen molar-refractivity contribution in [2.75, 3.05) is 13.7 Å². The number of aromatic amines is 1. The first-order valence-corrected chi connectivity index (χ1v) is 9.52. The van der Waals surface area contributed by atoms with E-state index in [0.717, 1.165) is 10.9 Å². The highest BCUT2D eigenvalue weighted by atomic mass is 32.2. The van der Waals surface area contributed by atoms with E-state index in [9.17, 15) is 27.8 Å². The average Bonchev–Trinajstić information content (AvgIpc) is 3.30. The zero-order valence-corrected chi connectivity index (χ0v) is 16.4. The van der Waals surface area contributed by atoms with Crippen LogP contribution in [0.5, 0.6) is 0 Å². The van der Waals surface area contributed by atoms with Crippen LogP contribution in [-0.4, -0.2) is 61.8 Å². The number of rotatable bonds is 5. The molecule has 1 aromatic carbocycles. The first kappa shape index (κ1) is 20.4. The maximum absolute atomic E-state index is 14.3. The van der Waals surface area contributed by atoms with E-state index in [0.29, 0.717) is 4.98 Å². The summed E-state index contributed by atoms with van der Waals surface area (Å²) >= 11 is 0.183. The number of aromatic nitrogens is 4. The molecule has 31 heavy (non-hydrogen) atoms. The molecule has 0 radical (unpaired) electrons. The van der Waals surface area contributed by atoms with E-state index >= 15 is 0 Å². The van der Waals surface area contributed by atoms with Crippen molar-refractivity contribution in [2.24, 2.45) is 0 Å². The molecule has 1 fully saturated rings. The van der Waals surface area contributed by atoms with Crippen molar-refractivity contribution in [3.63, 3.8) is 0 Å². The van der Waals surface area contributed by atoms with Crippen molar-refractivity contribution in [1.29, 1.82) is 5.41 Å². The molecule has 166 valence electrons. The van der Waals surface area contributed by atoms with E-state index in [-0.39, 0.29) is 34.1 Å². The van der Waals surface area contributed by atoms with E-state index in [2.05, 4.69) is 9.97 Å². The van der Waals surface area contributed by atoms with E-state index in [1.165, 1.54) is 7.11 Å². The highest BCUT2D eigenvalue weighted by Gasteiger charge is 2.46. The number of nitrogens with zero attached hydrogens (tertiary/aromatic N) is 3. The van der Waals surface area contributed by atoms with Gasteiger partial charge in [0.15, 0.2) is 47.1 Å². The summed E-state index contributed by atoms with van der Waals surface area (Å²) < 4.78 is 76.1. The number of hydrogen-bond donors (Lipinski definition) is 4. The predicted octanol–water partition coefficient (Wildman–Crippen LogP) is 1.21. The van der Waals surface area contributed by atoms with Crippen LogP contribution in [0, 0.1) is 28.7 Å². The maximum atomic E-state index is 14.3. The molecule has 0 unspecified atom stereocenters. The SMILES string of the molecule is [2H]n1cnc(=N)c2nc(Sc3c(F)c(F)cc(F)c3F)n([C@@H]3O[C@H](CO)[C@@H](O)[C@H]3OC)c21. The summed E-state index contributed by atoms with van der Waals surface area (Å²) in [5, 5.41) is 27.5. The van der Waals surface area contributed by atoms with Crippen LogP contribution in [0.3, 0.4) is 0 Å². The predicted molar refractivity (Wildman–Crippen MR) is 95.9 cm³/mol. The fraction of sp³-hybridized carbons (Fsp3) is 0.353. The van der Waals surface area contributed by atoms with E-state index < -0.39 is 64.8 Å². The third kappa shape index (κ3) is 3.49. The highest BCUT2D eigenvalue weighted by molar-refractivity contribution is 7.99. The van der Waals surface area contributed by atoms with Gasteiger partial charge < -0.3 is 24.7 Å². The topological polar surface area (TPSA) is 129 Å². The Morgan fingerprint density at radius 2 is 2.03 bits per heavy atom. The zero-order chi connectivity index (χ0) is 23.3. The van der Waals surface area contributed by atoms with Crippen LogP contribution < -0.4 is 5.49 Å². The molecule has 1 aliphatic heterocycles. The molecule has 1 aliphatic rings. The average molecular weight is 462 g/mol. The Morgan fingerprint density at radius 1 is 1.35 bits per heavy atom. The fourth-order valence-electron chi connectivity index (χ4n) is 3.25. The normalized spacial score (nSPS) is 24.2. The second-order valence-electron chi connectivity index (χ2n) is 6.50. The Labute approximate surface area is 176 Å². The van der Waals surface area contributed by atoms with Gasteiger partial charge in [-0.25, -0.2) is 27.5 Å². The molecule has 9 nitrogen and oxygen atoms in total. The lowest BCUT2D eigenvalue weighted by molar-refractivity contribution is -0.0623. The smallest absolute Gasteiger partial charge is 0.177 e. The Morgan fingerprint density at radius 3 is 2.65 bits per heavy atom. The molecule has 0 aliphatic carbocycles. The Bertz CT molecular complexity index is 1230. The van der Waals surface area contributed by atoms with Gasteiger partial charge in [-0.2, -0.15) is 0 Å². The number of methoxy groups -OCH3 is 1. The van der Waals surface area contributed by atoms with Gasteiger partial charge in [-0.05, 0) is 11.8 Å². The number of fused-ring (bicyclic) bond motifs is 1. The van der Waals surface area contributed by atoms with Gasteiger partial charge in [-0.15, -0.1) is 0 Å². The van der Waals surface area contributed by atoms with Gasteiger partial charge >= 0.3 is 0 Å². The summed E-state index contributed by atoms with van der Waals surface area (Å²) in [5.74, 6) is -6.59. The number of imidazole rings is 1. The van der Waals surface area contributed by atoms with Gasteiger partial charge in [0.1, 0.15) is 24.0 Å². The van der Waals surface area contributed by atoms with E-state index in [4.69, 9.17) is 16.3 Å². The van der Waals surface area contributed by atoms with Crippen molar-refractivity contribution < 1.29 is 38.7 Å². The quantitative estimate of drug-likeness (QED) is 0.331. The Hall–Kier alpha value is -2.52. The molecular weight excluding hydrogens is 446 g/mol. The minimum absolute atomic E-state index is 0.0600. The van der Waals surface area contributed by atoms with Gasteiger partial charge in [0, 0.05) is 13.2 Å². The monoisotopic (exact) mass is 462 g/mol. The van der Waals surface area contributed by atoms with Crippen molar-refractivity contribution in [1.82, 2.24) is 19.5 Å².